The minimum absolute atomic E-state index is 0.190. The van der Waals surface area contributed by atoms with E-state index in [0.717, 1.165) is 38.2 Å². The van der Waals surface area contributed by atoms with Crippen LogP contribution in [0.5, 0.6) is 0 Å². The fourth-order valence-corrected chi connectivity index (χ4v) is 2.53. The number of amides is 1. The fourth-order valence-electron chi connectivity index (χ4n) is 2.53. The Labute approximate surface area is 122 Å². The summed E-state index contributed by atoms with van der Waals surface area (Å²) in [5.74, 6) is 0.596. The van der Waals surface area contributed by atoms with Gasteiger partial charge in [-0.25, -0.2) is 15.0 Å². The van der Waals surface area contributed by atoms with Gasteiger partial charge in [-0.2, -0.15) is 0 Å². The van der Waals surface area contributed by atoms with Gasteiger partial charge in [0.2, 0.25) is 5.91 Å². The van der Waals surface area contributed by atoms with Crippen LogP contribution in [0.15, 0.2) is 12.7 Å². The molecule has 8 heteroatoms. The number of likely N-dealkylation sites (N-methyl/N-ethyl adjacent to an activating group) is 1. The zero-order valence-electron chi connectivity index (χ0n) is 12.1. The highest BCUT2D eigenvalue weighted by atomic mass is 16.2. The molecule has 0 aliphatic carbocycles. The summed E-state index contributed by atoms with van der Waals surface area (Å²) in [6, 6.07) is 0. The third-order valence-corrected chi connectivity index (χ3v) is 3.84. The van der Waals surface area contributed by atoms with E-state index in [9.17, 15) is 4.79 Å². The van der Waals surface area contributed by atoms with Crippen LogP contribution in [-0.4, -0.2) is 68.5 Å². The van der Waals surface area contributed by atoms with Gasteiger partial charge in [0, 0.05) is 33.2 Å². The number of rotatable bonds is 4. The minimum atomic E-state index is 0.190. The lowest BCUT2D eigenvalue weighted by Gasteiger charge is -2.31. The molecular formula is C13H19N7O. The van der Waals surface area contributed by atoms with Crippen LogP contribution in [0, 0.1) is 0 Å². The predicted molar refractivity (Wildman–Crippen MR) is 78.4 cm³/mol. The third kappa shape index (κ3) is 2.80. The third-order valence-electron chi connectivity index (χ3n) is 3.84. The summed E-state index contributed by atoms with van der Waals surface area (Å²) in [6.45, 7) is 3.93. The molecular weight excluding hydrogens is 270 g/mol. The number of piperazine rings is 1. The lowest BCUT2D eigenvalue weighted by atomic mass is 10.3. The van der Waals surface area contributed by atoms with Gasteiger partial charge >= 0.3 is 0 Å². The molecule has 1 saturated heterocycles. The summed E-state index contributed by atoms with van der Waals surface area (Å²) in [5, 5.41) is 0. The number of nitrogen functional groups attached to an aromatic ring is 1. The first-order valence-corrected chi connectivity index (χ1v) is 7.03. The van der Waals surface area contributed by atoms with Crippen LogP contribution in [-0.2, 0) is 11.3 Å². The first kappa shape index (κ1) is 13.7. The van der Waals surface area contributed by atoms with Crippen LogP contribution in [0.25, 0.3) is 11.2 Å². The van der Waals surface area contributed by atoms with E-state index >= 15 is 0 Å². The van der Waals surface area contributed by atoms with Crippen molar-refractivity contribution in [3.05, 3.63) is 12.7 Å². The number of fused-ring (bicyclic) bond motifs is 1. The number of aryl methyl sites for hydroxylation is 1. The SMILES string of the molecule is CN1CCN(CCCn2cnc3c(N)ncnc32)CC1=O. The van der Waals surface area contributed by atoms with Gasteiger partial charge in [0.25, 0.3) is 0 Å². The Hall–Kier alpha value is -2.22. The van der Waals surface area contributed by atoms with Crippen LogP contribution in [0.4, 0.5) is 5.82 Å². The zero-order valence-corrected chi connectivity index (χ0v) is 12.1. The summed E-state index contributed by atoms with van der Waals surface area (Å²) >= 11 is 0. The first-order chi connectivity index (χ1) is 10.1. The van der Waals surface area contributed by atoms with Crippen molar-refractivity contribution in [2.45, 2.75) is 13.0 Å². The Kier molecular flexibility index (Phi) is 3.70. The number of hydrogen-bond donors (Lipinski definition) is 1. The van der Waals surface area contributed by atoms with Gasteiger partial charge in [-0.1, -0.05) is 0 Å². The molecule has 3 rings (SSSR count). The summed E-state index contributed by atoms with van der Waals surface area (Å²) in [5.41, 5.74) is 7.17. The van der Waals surface area contributed by atoms with Crippen LogP contribution in [0.1, 0.15) is 6.42 Å². The summed E-state index contributed by atoms with van der Waals surface area (Å²) in [6.07, 6.45) is 4.13. The Morgan fingerprint density at radius 3 is 2.90 bits per heavy atom. The van der Waals surface area contributed by atoms with E-state index in [-0.39, 0.29) is 5.91 Å². The van der Waals surface area contributed by atoms with Crippen molar-refractivity contribution in [1.82, 2.24) is 29.3 Å². The van der Waals surface area contributed by atoms with Gasteiger partial charge in [0.05, 0.1) is 12.9 Å². The first-order valence-electron chi connectivity index (χ1n) is 7.03. The minimum Gasteiger partial charge on any atom is -0.382 e. The summed E-state index contributed by atoms with van der Waals surface area (Å²) < 4.78 is 1.98. The molecule has 0 unspecified atom stereocenters. The zero-order chi connectivity index (χ0) is 14.8. The molecule has 2 aromatic heterocycles. The standard InChI is InChI=1S/C13H19N7O/c1-18-5-6-19(7-10(18)21)3-2-4-20-9-17-11-12(14)15-8-16-13(11)20/h8-9H,2-7H2,1H3,(H2,14,15,16). The lowest BCUT2D eigenvalue weighted by molar-refractivity contribution is -0.134. The fraction of sp³-hybridized carbons (Fsp3) is 0.538. The topological polar surface area (TPSA) is 93.2 Å². The van der Waals surface area contributed by atoms with Crippen molar-refractivity contribution in [3.8, 4) is 0 Å². The van der Waals surface area contributed by atoms with E-state index in [0.29, 0.717) is 17.9 Å². The molecule has 1 aliphatic heterocycles. The molecule has 0 radical (unpaired) electrons. The molecule has 2 N–H and O–H groups in total. The highest BCUT2D eigenvalue weighted by molar-refractivity contribution is 5.81. The number of imidazole rings is 1. The van der Waals surface area contributed by atoms with Gasteiger partial charge < -0.3 is 15.2 Å². The maximum Gasteiger partial charge on any atom is 0.236 e. The van der Waals surface area contributed by atoms with Gasteiger partial charge in [-0.3, -0.25) is 9.69 Å². The van der Waals surface area contributed by atoms with E-state index in [1.165, 1.54) is 6.33 Å². The molecule has 0 bridgehead atoms. The number of aromatic nitrogens is 4. The van der Waals surface area contributed by atoms with Gasteiger partial charge in [-0.05, 0) is 6.42 Å². The van der Waals surface area contributed by atoms with E-state index in [4.69, 9.17) is 5.73 Å². The van der Waals surface area contributed by atoms with E-state index in [2.05, 4.69) is 19.9 Å². The quantitative estimate of drug-likeness (QED) is 0.821. The van der Waals surface area contributed by atoms with Crippen LogP contribution >= 0.6 is 0 Å². The van der Waals surface area contributed by atoms with Gasteiger partial charge in [-0.15, -0.1) is 0 Å². The molecule has 1 amide bonds. The molecule has 1 fully saturated rings. The highest BCUT2D eigenvalue weighted by Crippen LogP contribution is 2.14. The Morgan fingerprint density at radius 2 is 2.10 bits per heavy atom. The maximum absolute atomic E-state index is 11.6. The lowest BCUT2D eigenvalue weighted by Crippen LogP contribution is -2.48. The van der Waals surface area contributed by atoms with Crippen molar-refractivity contribution in [2.75, 3.05) is 39.0 Å². The average Bonchev–Trinajstić information content (AvgIpc) is 2.88. The number of nitrogens with zero attached hydrogens (tertiary/aromatic N) is 6. The van der Waals surface area contributed by atoms with E-state index in [1.54, 1.807) is 11.2 Å². The van der Waals surface area contributed by atoms with Crippen molar-refractivity contribution < 1.29 is 4.79 Å². The van der Waals surface area contributed by atoms with Crippen LogP contribution in [0.2, 0.25) is 0 Å². The largest absolute Gasteiger partial charge is 0.382 e. The predicted octanol–water partition coefficient (Wildman–Crippen LogP) is -0.427. The second-order valence-electron chi connectivity index (χ2n) is 5.31. The monoisotopic (exact) mass is 289 g/mol. The Balaban J connectivity index is 1.58. The van der Waals surface area contributed by atoms with Gasteiger partial charge in [0.1, 0.15) is 11.8 Å². The second-order valence-corrected chi connectivity index (χ2v) is 5.31. The maximum atomic E-state index is 11.6. The second kappa shape index (κ2) is 5.65. The molecule has 112 valence electrons. The average molecular weight is 289 g/mol. The van der Waals surface area contributed by atoms with Crippen LogP contribution in [0.3, 0.4) is 0 Å². The number of hydrogen-bond acceptors (Lipinski definition) is 6. The van der Waals surface area contributed by atoms with Crippen LogP contribution < -0.4 is 5.73 Å². The Morgan fingerprint density at radius 1 is 1.24 bits per heavy atom. The molecule has 0 atom stereocenters. The number of carbonyl (C=O) groups excluding carboxylic acids is 1. The van der Waals surface area contributed by atoms with Crippen molar-refractivity contribution in [2.24, 2.45) is 0 Å². The molecule has 8 nitrogen and oxygen atoms in total. The van der Waals surface area contributed by atoms with Crippen molar-refractivity contribution >= 4 is 22.9 Å². The van der Waals surface area contributed by atoms with Crippen molar-refractivity contribution in [3.63, 3.8) is 0 Å². The van der Waals surface area contributed by atoms with E-state index < -0.39 is 0 Å². The molecule has 2 aromatic rings. The molecule has 21 heavy (non-hydrogen) atoms. The molecule has 3 heterocycles. The molecule has 0 spiro atoms. The number of nitrogens with two attached hydrogens (primary N) is 1. The summed E-state index contributed by atoms with van der Waals surface area (Å²) in [7, 11) is 1.85. The molecule has 0 aromatic carbocycles. The van der Waals surface area contributed by atoms with Crippen molar-refractivity contribution in [1.29, 1.82) is 0 Å². The summed E-state index contributed by atoms with van der Waals surface area (Å²) in [4.78, 5) is 28.0. The number of carbonyl (C=O) groups is 1. The normalized spacial score (nSPS) is 16.8. The Bertz CT molecular complexity index is 653. The number of anilines is 1. The molecule has 0 saturated carbocycles. The smallest absolute Gasteiger partial charge is 0.236 e. The highest BCUT2D eigenvalue weighted by Gasteiger charge is 2.20. The molecule has 1 aliphatic rings. The van der Waals surface area contributed by atoms with Gasteiger partial charge in [0.15, 0.2) is 11.5 Å². The van der Waals surface area contributed by atoms with E-state index in [1.807, 2.05) is 11.6 Å².